The molecule has 3 aromatic rings. The average Bonchev–Trinajstić information content (AvgIpc) is 3.16. The topological polar surface area (TPSA) is 111 Å². The van der Waals surface area contributed by atoms with Crippen LogP contribution in [0.25, 0.3) is 11.5 Å². The Labute approximate surface area is 178 Å². The zero-order chi connectivity index (χ0) is 21.9. The summed E-state index contributed by atoms with van der Waals surface area (Å²) >= 11 is 1.10. The lowest BCUT2D eigenvalue weighted by atomic mass is 9.87. The van der Waals surface area contributed by atoms with E-state index in [1.54, 1.807) is 19.1 Å². The van der Waals surface area contributed by atoms with E-state index in [9.17, 15) is 14.9 Å². The first-order valence-corrected chi connectivity index (χ1v) is 10.2. The summed E-state index contributed by atoms with van der Waals surface area (Å²) in [5.74, 6) is 0.0895. The van der Waals surface area contributed by atoms with Gasteiger partial charge < -0.3 is 9.73 Å². The molecule has 0 atom stereocenters. The first-order chi connectivity index (χ1) is 14.1. The number of carbonyl (C=O) groups excluding carboxylic acids is 1. The van der Waals surface area contributed by atoms with Crippen molar-refractivity contribution >= 4 is 29.0 Å². The lowest BCUT2D eigenvalue weighted by Gasteiger charge is -2.18. The van der Waals surface area contributed by atoms with E-state index in [4.69, 9.17) is 4.42 Å². The number of amides is 1. The van der Waals surface area contributed by atoms with Gasteiger partial charge in [-0.15, -0.1) is 10.2 Å². The second kappa shape index (κ2) is 8.66. The van der Waals surface area contributed by atoms with Gasteiger partial charge in [-0.1, -0.05) is 50.7 Å². The van der Waals surface area contributed by atoms with Crippen molar-refractivity contribution in [3.63, 3.8) is 0 Å². The predicted molar refractivity (Wildman–Crippen MR) is 116 cm³/mol. The highest BCUT2D eigenvalue weighted by atomic mass is 32.2. The number of aryl methyl sites for hydroxylation is 1. The molecule has 2 aromatic carbocycles. The molecule has 0 aliphatic rings. The second-order valence-electron chi connectivity index (χ2n) is 7.80. The Kier molecular flexibility index (Phi) is 6.21. The molecule has 1 aromatic heterocycles. The molecule has 0 saturated carbocycles. The molecule has 0 radical (unpaired) electrons. The maximum Gasteiger partial charge on any atom is 0.277 e. The molecule has 0 unspecified atom stereocenters. The van der Waals surface area contributed by atoms with Crippen molar-refractivity contribution in [3.8, 4) is 11.5 Å². The summed E-state index contributed by atoms with van der Waals surface area (Å²) in [5, 5.41) is 21.9. The number of aromatic nitrogens is 2. The van der Waals surface area contributed by atoms with Gasteiger partial charge in [-0.05, 0) is 36.1 Å². The van der Waals surface area contributed by atoms with Crippen molar-refractivity contribution in [1.82, 2.24) is 10.2 Å². The summed E-state index contributed by atoms with van der Waals surface area (Å²) in [7, 11) is 0. The number of rotatable bonds is 6. The highest BCUT2D eigenvalue weighted by Gasteiger charge is 2.16. The van der Waals surface area contributed by atoms with Crippen LogP contribution in [0.15, 0.2) is 52.1 Å². The fraction of sp³-hybridized carbons (Fsp3) is 0.286. The molecule has 3 rings (SSSR count). The van der Waals surface area contributed by atoms with E-state index in [-0.39, 0.29) is 28.0 Å². The molecule has 1 amide bonds. The Balaban J connectivity index is 1.59. The van der Waals surface area contributed by atoms with E-state index in [0.717, 1.165) is 17.3 Å². The Morgan fingerprint density at radius 1 is 1.17 bits per heavy atom. The third kappa shape index (κ3) is 5.24. The Hall–Kier alpha value is -3.20. The van der Waals surface area contributed by atoms with Crippen molar-refractivity contribution in [2.45, 2.75) is 38.3 Å². The fourth-order valence-corrected chi connectivity index (χ4v) is 3.27. The molecule has 1 heterocycles. The average molecular weight is 426 g/mol. The Morgan fingerprint density at radius 2 is 1.87 bits per heavy atom. The van der Waals surface area contributed by atoms with Gasteiger partial charge >= 0.3 is 0 Å². The summed E-state index contributed by atoms with van der Waals surface area (Å²) < 4.78 is 5.63. The number of carbonyl (C=O) groups is 1. The van der Waals surface area contributed by atoms with Crippen LogP contribution in [0.5, 0.6) is 0 Å². The van der Waals surface area contributed by atoms with Crippen LogP contribution in [0.3, 0.4) is 0 Å². The van der Waals surface area contributed by atoms with Gasteiger partial charge in [-0.2, -0.15) is 0 Å². The number of nitrogens with zero attached hydrogens (tertiary/aromatic N) is 3. The number of benzene rings is 2. The molecule has 0 fully saturated rings. The van der Waals surface area contributed by atoms with Crippen molar-refractivity contribution in [1.29, 1.82) is 0 Å². The van der Waals surface area contributed by atoms with Gasteiger partial charge in [-0.3, -0.25) is 14.9 Å². The first kappa shape index (κ1) is 21.5. The molecule has 0 aliphatic heterocycles. The molecule has 1 N–H and O–H groups in total. The summed E-state index contributed by atoms with van der Waals surface area (Å²) in [5.41, 5.74) is 2.91. The van der Waals surface area contributed by atoms with Crippen LogP contribution in [0.2, 0.25) is 0 Å². The smallest absolute Gasteiger partial charge is 0.277 e. The number of thioether (sulfide) groups is 1. The minimum absolute atomic E-state index is 0.0340. The van der Waals surface area contributed by atoms with Crippen molar-refractivity contribution < 1.29 is 14.1 Å². The van der Waals surface area contributed by atoms with Gasteiger partial charge in [0.1, 0.15) is 0 Å². The maximum absolute atomic E-state index is 12.2. The van der Waals surface area contributed by atoms with E-state index in [1.807, 2.05) is 24.3 Å². The predicted octanol–water partition coefficient (Wildman–Crippen LogP) is 4.98. The van der Waals surface area contributed by atoms with E-state index in [2.05, 4.69) is 36.3 Å². The normalized spacial score (nSPS) is 11.3. The third-order valence-corrected chi connectivity index (χ3v) is 5.24. The number of hydrogen-bond donors (Lipinski definition) is 1. The van der Waals surface area contributed by atoms with Crippen LogP contribution >= 0.6 is 11.8 Å². The maximum atomic E-state index is 12.2. The van der Waals surface area contributed by atoms with E-state index < -0.39 is 4.92 Å². The molecule has 30 heavy (non-hydrogen) atoms. The van der Waals surface area contributed by atoms with Crippen LogP contribution in [0.1, 0.15) is 31.9 Å². The number of nitro groups is 1. The van der Waals surface area contributed by atoms with Crippen molar-refractivity contribution in [2.75, 3.05) is 11.1 Å². The second-order valence-corrected chi connectivity index (χ2v) is 8.72. The van der Waals surface area contributed by atoms with Gasteiger partial charge in [0.15, 0.2) is 0 Å². The molecule has 0 saturated heterocycles. The minimum atomic E-state index is -0.478. The lowest BCUT2D eigenvalue weighted by Crippen LogP contribution is -2.14. The Bertz CT molecular complexity index is 1070. The zero-order valence-electron chi connectivity index (χ0n) is 17.1. The van der Waals surface area contributed by atoms with Crippen LogP contribution < -0.4 is 5.32 Å². The summed E-state index contributed by atoms with van der Waals surface area (Å²) in [6, 6.07) is 12.5. The minimum Gasteiger partial charge on any atom is -0.411 e. The number of nitrogens with one attached hydrogen (secondary N) is 1. The first-order valence-electron chi connectivity index (χ1n) is 9.25. The van der Waals surface area contributed by atoms with E-state index >= 15 is 0 Å². The van der Waals surface area contributed by atoms with Crippen molar-refractivity contribution in [2.24, 2.45) is 0 Å². The largest absolute Gasteiger partial charge is 0.411 e. The summed E-state index contributed by atoms with van der Waals surface area (Å²) in [6.07, 6.45) is 0. The van der Waals surface area contributed by atoms with Gasteiger partial charge in [0.05, 0.1) is 10.7 Å². The highest BCUT2D eigenvalue weighted by molar-refractivity contribution is 7.99. The van der Waals surface area contributed by atoms with Gasteiger partial charge in [0, 0.05) is 22.9 Å². The van der Waals surface area contributed by atoms with E-state index in [0.29, 0.717) is 17.1 Å². The molecule has 9 heteroatoms. The van der Waals surface area contributed by atoms with Crippen LogP contribution in [0, 0.1) is 17.0 Å². The van der Waals surface area contributed by atoms with Crippen LogP contribution in [-0.2, 0) is 10.2 Å². The lowest BCUT2D eigenvalue weighted by molar-refractivity contribution is -0.385. The summed E-state index contributed by atoms with van der Waals surface area (Å²) in [4.78, 5) is 22.7. The molecular weight excluding hydrogens is 404 g/mol. The van der Waals surface area contributed by atoms with Crippen LogP contribution in [0.4, 0.5) is 11.4 Å². The fourth-order valence-electron chi connectivity index (χ4n) is 2.71. The quantitative estimate of drug-likeness (QED) is 0.336. The molecule has 0 bridgehead atoms. The molecular formula is C21H22N4O4S. The highest BCUT2D eigenvalue weighted by Crippen LogP contribution is 2.27. The van der Waals surface area contributed by atoms with Gasteiger partial charge in [0.25, 0.3) is 10.9 Å². The zero-order valence-corrected chi connectivity index (χ0v) is 17.9. The molecule has 0 aliphatic carbocycles. The number of nitro benzene ring substituents is 1. The molecule has 156 valence electrons. The van der Waals surface area contributed by atoms with Crippen molar-refractivity contribution in [3.05, 3.63) is 63.7 Å². The van der Waals surface area contributed by atoms with Gasteiger partial charge in [-0.25, -0.2) is 0 Å². The van der Waals surface area contributed by atoms with E-state index in [1.165, 1.54) is 11.6 Å². The molecule has 8 nitrogen and oxygen atoms in total. The summed E-state index contributed by atoms with van der Waals surface area (Å²) in [6.45, 7) is 8.07. The Morgan fingerprint density at radius 3 is 2.50 bits per heavy atom. The monoisotopic (exact) mass is 426 g/mol. The third-order valence-electron chi connectivity index (χ3n) is 4.42. The SMILES string of the molecule is Cc1ccc(NC(=O)CSc2nnc(-c3ccc(C(C)(C)C)cc3)o2)cc1[N+](=O)[O-]. The van der Waals surface area contributed by atoms with Crippen LogP contribution in [-0.4, -0.2) is 26.8 Å². The number of anilines is 1. The number of hydrogen-bond acceptors (Lipinski definition) is 7. The standard InChI is InChI=1S/C21H22N4O4S/c1-13-5-10-16(11-17(13)25(27)28)22-18(26)12-30-20-24-23-19(29-20)14-6-8-15(9-7-14)21(2,3)4/h5-11H,12H2,1-4H3,(H,22,26). The van der Waals surface area contributed by atoms with Gasteiger partial charge in [0.2, 0.25) is 11.8 Å². The molecule has 0 spiro atoms.